The van der Waals surface area contributed by atoms with Gasteiger partial charge < -0.3 is 15.5 Å². The molecule has 2 aliphatic heterocycles. The SMILES string of the molecule is Cc1ccc(NC(=O)CSC(C)C(=O)N2CCC3CCC(C2)N3)cc1. The van der Waals surface area contributed by atoms with Gasteiger partial charge in [0, 0.05) is 30.9 Å². The number of hydrogen-bond donors (Lipinski definition) is 2. The number of fused-ring (bicyclic) bond motifs is 2. The molecule has 0 radical (unpaired) electrons. The summed E-state index contributed by atoms with van der Waals surface area (Å²) in [6.07, 6.45) is 3.43. The largest absolute Gasteiger partial charge is 0.340 e. The summed E-state index contributed by atoms with van der Waals surface area (Å²) in [5.74, 6) is 0.381. The quantitative estimate of drug-likeness (QED) is 0.845. The van der Waals surface area contributed by atoms with Gasteiger partial charge >= 0.3 is 0 Å². The number of likely N-dealkylation sites (tertiary alicyclic amines) is 1. The lowest BCUT2D eigenvalue weighted by atomic mass is 10.1. The van der Waals surface area contributed by atoms with Crippen molar-refractivity contribution in [1.29, 1.82) is 0 Å². The molecule has 2 aliphatic rings. The number of anilines is 1. The van der Waals surface area contributed by atoms with E-state index in [1.165, 1.54) is 18.2 Å². The second-order valence-corrected chi connectivity index (χ2v) is 8.41. The molecule has 1 aromatic rings. The van der Waals surface area contributed by atoms with Gasteiger partial charge in [0.25, 0.3) is 0 Å². The molecule has 2 amide bonds. The molecule has 136 valence electrons. The number of nitrogens with zero attached hydrogens (tertiary/aromatic N) is 1. The molecule has 0 spiro atoms. The van der Waals surface area contributed by atoms with Crippen molar-refractivity contribution in [3.63, 3.8) is 0 Å². The van der Waals surface area contributed by atoms with Crippen molar-refractivity contribution < 1.29 is 9.59 Å². The number of thioether (sulfide) groups is 1. The average molecular weight is 362 g/mol. The van der Waals surface area contributed by atoms with E-state index in [4.69, 9.17) is 0 Å². The lowest BCUT2D eigenvalue weighted by molar-refractivity contribution is -0.130. The van der Waals surface area contributed by atoms with Crippen LogP contribution in [0.1, 0.15) is 31.7 Å². The van der Waals surface area contributed by atoms with Crippen LogP contribution in [0.4, 0.5) is 5.69 Å². The number of carbonyl (C=O) groups excluding carboxylic acids is 2. The number of benzene rings is 1. The number of aryl methyl sites for hydroxylation is 1. The molecule has 2 saturated heterocycles. The first kappa shape index (κ1) is 18.3. The Labute approximate surface area is 153 Å². The van der Waals surface area contributed by atoms with Crippen molar-refractivity contribution in [2.75, 3.05) is 24.2 Å². The molecule has 2 heterocycles. The summed E-state index contributed by atoms with van der Waals surface area (Å²) in [7, 11) is 0. The molecule has 2 N–H and O–H groups in total. The molecule has 0 aromatic heterocycles. The zero-order valence-corrected chi connectivity index (χ0v) is 15.8. The molecule has 1 aromatic carbocycles. The van der Waals surface area contributed by atoms with Gasteiger partial charge in [-0.05, 0) is 45.2 Å². The predicted molar refractivity (Wildman–Crippen MR) is 103 cm³/mol. The second kappa shape index (κ2) is 8.23. The van der Waals surface area contributed by atoms with Crippen LogP contribution in [-0.2, 0) is 9.59 Å². The highest BCUT2D eigenvalue weighted by atomic mass is 32.2. The van der Waals surface area contributed by atoms with Gasteiger partial charge in [0.05, 0.1) is 11.0 Å². The third-order valence-electron chi connectivity index (χ3n) is 4.98. The summed E-state index contributed by atoms with van der Waals surface area (Å²) in [5, 5.41) is 6.28. The second-order valence-electron chi connectivity index (χ2n) is 7.08. The normalized spacial score (nSPS) is 23.8. The molecule has 3 unspecified atom stereocenters. The van der Waals surface area contributed by atoms with Crippen molar-refractivity contribution in [2.24, 2.45) is 0 Å². The fraction of sp³-hybridized carbons (Fsp3) is 0.579. The minimum atomic E-state index is -0.194. The molecule has 25 heavy (non-hydrogen) atoms. The van der Waals surface area contributed by atoms with Crippen LogP contribution in [0.3, 0.4) is 0 Å². The molecule has 6 heteroatoms. The number of amides is 2. The maximum absolute atomic E-state index is 12.7. The lowest BCUT2D eigenvalue weighted by Gasteiger charge is -2.27. The summed E-state index contributed by atoms with van der Waals surface area (Å²) in [5.41, 5.74) is 1.96. The molecule has 2 fully saturated rings. The van der Waals surface area contributed by atoms with Gasteiger partial charge in [-0.15, -0.1) is 11.8 Å². The van der Waals surface area contributed by atoms with Gasteiger partial charge in [-0.1, -0.05) is 17.7 Å². The van der Waals surface area contributed by atoms with E-state index < -0.39 is 0 Å². The molecule has 2 bridgehead atoms. The Morgan fingerprint density at radius 3 is 2.72 bits per heavy atom. The van der Waals surface area contributed by atoms with E-state index in [9.17, 15) is 9.59 Å². The van der Waals surface area contributed by atoms with E-state index in [1.807, 2.05) is 43.0 Å². The summed E-state index contributed by atoms with van der Waals surface area (Å²) in [6.45, 7) is 5.55. The van der Waals surface area contributed by atoms with Gasteiger partial charge in [0.1, 0.15) is 0 Å². The summed E-state index contributed by atoms with van der Waals surface area (Å²) >= 11 is 1.41. The van der Waals surface area contributed by atoms with Gasteiger partial charge in [0.2, 0.25) is 11.8 Å². The van der Waals surface area contributed by atoms with Crippen molar-refractivity contribution in [3.05, 3.63) is 29.8 Å². The van der Waals surface area contributed by atoms with E-state index in [2.05, 4.69) is 10.6 Å². The summed E-state index contributed by atoms with van der Waals surface area (Å²) in [6, 6.07) is 8.74. The minimum Gasteiger partial charge on any atom is -0.340 e. The summed E-state index contributed by atoms with van der Waals surface area (Å²) < 4.78 is 0. The highest BCUT2D eigenvalue weighted by Gasteiger charge is 2.32. The third-order valence-corrected chi connectivity index (χ3v) is 6.11. The van der Waals surface area contributed by atoms with E-state index in [0.717, 1.165) is 37.2 Å². The van der Waals surface area contributed by atoms with Crippen molar-refractivity contribution in [2.45, 2.75) is 50.4 Å². The van der Waals surface area contributed by atoms with Crippen molar-refractivity contribution >= 4 is 29.3 Å². The first-order valence-electron chi connectivity index (χ1n) is 9.04. The number of nitrogens with one attached hydrogen (secondary N) is 2. The monoisotopic (exact) mass is 361 g/mol. The first-order chi connectivity index (χ1) is 12.0. The standard InChI is InChI=1S/C19H27N3O2S/c1-13-3-5-15(6-4-13)21-18(23)12-25-14(2)19(24)22-10-9-16-7-8-17(11-22)20-16/h3-6,14,16-17,20H,7-12H2,1-2H3,(H,21,23). The van der Waals surface area contributed by atoms with Crippen LogP contribution in [0.2, 0.25) is 0 Å². The lowest BCUT2D eigenvalue weighted by Crippen LogP contribution is -2.42. The number of hydrogen-bond acceptors (Lipinski definition) is 4. The molecular weight excluding hydrogens is 334 g/mol. The van der Waals surface area contributed by atoms with E-state index in [0.29, 0.717) is 17.8 Å². The molecule has 3 rings (SSSR count). The highest BCUT2D eigenvalue weighted by molar-refractivity contribution is 8.01. The maximum Gasteiger partial charge on any atom is 0.235 e. The van der Waals surface area contributed by atoms with Crippen LogP contribution in [0, 0.1) is 6.92 Å². The number of carbonyl (C=O) groups is 2. The van der Waals surface area contributed by atoms with E-state index in [1.54, 1.807) is 0 Å². The molecular formula is C19H27N3O2S. The van der Waals surface area contributed by atoms with Crippen molar-refractivity contribution in [1.82, 2.24) is 10.2 Å². The van der Waals surface area contributed by atoms with Gasteiger partial charge in [-0.25, -0.2) is 0 Å². The minimum absolute atomic E-state index is 0.0647. The molecule has 3 atom stereocenters. The third kappa shape index (κ3) is 4.98. The Morgan fingerprint density at radius 2 is 1.96 bits per heavy atom. The Morgan fingerprint density at radius 1 is 1.24 bits per heavy atom. The molecule has 5 nitrogen and oxygen atoms in total. The van der Waals surface area contributed by atoms with Crippen LogP contribution >= 0.6 is 11.8 Å². The molecule has 0 aliphatic carbocycles. The Hall–Kier alpha value is -1.53. The van der Waals surface area contributed by atoms with Gasteiger partial charge in [0.15, 0.2) is 0 Å². The van der Waals surface area contributed by atoms with Crippen LogP contribution in [0.5, 0.6) is 0 Å². The average Bonchev–Trinajstić information content (AvgIpc) is 2.93. The summed E-state index contributed by atoms with van der Waals surface area (Å²) in [4.78, 5) is 26.8. The highest BCUT2D eigenvalue weighted by Crippen LogP contribution is 2.23. The maximum atomic E-state index is 12.7. The molecule has 0 saturated carbocycles. The topological polar surface area (TPSA) is 61.4 Å². The smallest absolute Gasteiger partial charge is 0.235 e. The van der Waals surface area contributed by atoms with Crippen molar-refractivity contribution in [3.8, 4) is 0 Å². The Balaban J connectivity index is 1.44. The zero-order chi connectivity index (χ0) is 17.8. The van der Waals surface area contributed by atoms with Crippen LogP contribution in [0.25, 0.3) is 0 Å². The van der Waals surface area contributed by atoms with Gasteiger partial charge in [-0.3, -0.25) is 9.59 Å². The van der Waals surface area contributed by atoms with Crippen LogP contribution < -0.4 is 10.6 Å². The van der Waals surface area contributed by atoms with Crippen LogP contribution in [-0.4, -0.2) is 52.9 Å². The Kier molecular flexibility index (Phi) is 6.02. The first-order valence-corrected chi connectivity index (χ1v) is 10.1. The Bertz CT molecular complexity index is 620. The predicted octanol–water partition coefficient (Wildman–Crippen LogP) is 2.41. The zero-order valence-electron chi connectivity index (χ0n) is 15.0. The fourth-order valence-electron chi connectivity index (χ4n) is 3.51. The van der Waals surface area contributed by atoms with Gasteiger partial charge in [-0.2, -0.15) is 0 Å². The van der Waals surface area contributed by atoms with Crippen LogP contribution in [0.15, 0.2) is 24.3 Å². The number of rotatable bonds is 5. The van der Waals surface area contributed by atoms with E-state index in [-0.39, 0.29) is 17.1 Å². The van der Waals surface area contributed by atoms with E-state index >= 15 is 0 Å². The fourth-order valence-corrected chi connectivity index (χ4v) is 4.27.